The van der Waals surface area contributed by atoms with Gasteiger partial charge in [0.1, 0.15) is 12.4 Å². The van der Waals surface area contributed by atoms with Crippen molar-refractivity contribution < 1.29 is 14.6 Å². The van der Waals surface area contributed by atoms with Crippen molar-refractivity contribution in [2.75, 3.05) is 0 Å². The summed E-state index contributed by atoms with van der Waals surface area (Å²) < 4.78 is 6.08. The van der Waals surface area contributed by atoms with E-state index in [9.17, 15) is 9.90 Å². The molecule has 0 atom stereocenters. The van der Waals surface area contributed by atoms with Crippen molar-refractivity contribution in [3.05, 3.63) is 82.7 Å². The monoisotopic (exact) mass is 418 g/mol. The summed E-state index contributed by atoms with van der Waals surface area (Å²) in [6.07, 6.45) is -0.274. The number of aryl methyl sites for hydroxylation is 2. The van der Waals surface area contributed by atoms with Gasteiger partial charge in [0.15, 0.2) is 0 Å². The Labute approximate surface area is 184 Å². The zero-order valence-electron chi connectivity index (χ0n) is 18.6. The Bertz CT molecular complexity index is 1030. The number of aromatic nitrogens is 1. The molecule has 0 aliphatic rings. The Morgan fingerprint density at radius 2 is 1.71 bits per heavy atom. The first-order chi connectivity index (χ1) is 14.8. The molecule has 0 fully saturated rings. The molecular formula is C26H30N2O3. The molecule has 162 valence electrons. The normalized spacial score (nSPS) is 10.9. The number of hydrogen-bond acceptors (Lipinski definition) is 3. The van der Waals surface area contributed by atoms with E-state index in [2.05, 4.69) is 50.4 Å². The maximum atomic E-state index is 11.3. The molecule has 1 amide bonds. The fourth-order valence-corrected chi connectivity index (χ4v) is 3.67. The maximum Gasteiger partial charge on any atom is 0.404 e. The van der Waals surface area contributed by atoms with Crippen LogP contribution in [0.1, 0.15) is 41.9 Å². The highest BCUT2D eigenvalue weighted by Gasteiger charge is 2.21. The second-order valence-corrected chi connectivity index (χ2v) is 8.20. The molecule has 1 heterocycles. The van der Waals surface area contributed by atoms with Gasteiger partial charge in [-0.25, -0.2) is 4.79 Å². The number of ether oxygens (including phenoxy) is 1. The van der Waals surface area contributed by atoms with Gasteiger partial charge in [-0.2, -0.15) is 0 Å². The van der Waals surface area contributed by atoms with E-state index in [1.807, 2.05) is 37.3 Å². The number of carbonyl (C=O) groups is 1. The topological polar surface area (TPSA) is 71.5 Å². The largest absolute Gasteiger partial charge is 0.489 e. The van der Waals surface area contributed by atoms with Crippen LogP contribution in [-0.2, 0) is 19.6 Å². The van der Waals surface area contributed by atoms with E-state index in [1.165, 1.54) is 5.56 Å². The molecule has 0 aliphatic heterocycles. The molecule has 31 heavy (non-hydrogen) atoms. The van der Waals surface area contributed by atoms with Crippen LogP contribution in [0.3, 0.4) is 0 Å². The SMILES string of the molecule is Cc1ccc(-c2c(COc3ccccc3)c(C)nc(CC(C)C)c2CNC(=O)O)cc1. The Balaban J connectivity index is 2.15. The number of benzene rings is 2. The van der Waals surface area contributed by atoms with Crippen molar-refractivity contribution in [1.82, 2.24) is 10.3 Å². The Hall–Kier alpha value is -3.34. The molecule has 1 aromatic heterocycles. The van der Waals surface area contributed by atoms with Gasteiger partial charge in [-0.3, -0.25) is 4.98 Å². The van der Waals surface area contributed by atoms with Crippen LogP contribution in [0, 0.1) is 19.8 Å². The molecule has 2 N–H and O–H groups in total. The molecule has 0 spiro atoms. The highest BCUT2D eigenvalue weighted by molar-refractivity contribution is 5.74. The van der Waals surface area contributed by atoms with E-state index in [1.54, 1.807) is 0 Å². The fraction of sp³-hybridized carbons (Fsp3) is 0.308. The number of pyridine rings is 1. The minimum Gasteiger partial charge on any atom is -0.489 e. The summed E-state index contributed by atoms with van der Waals surface area (Å²) in [5.74, 6) is 1.18. The third-order valence-electron chi connectivity index (χ3n) is 5.18. The Kier molecular flexibility index (Phi) is 7.29. The molecule has 0 saturated heterocycles. The Morgan fingerprint density at radius 3 is 2.32 bits per heavy atom. The summed E-state index contributed by atoms with van der Waals surface area (Å²) in [5, 5.41) is 11.8. The molecule has 0 unspecified atom stereocenters. The molecule has 0 bridgehead atoms. The van der Waals surface area contributed by atoms with Gasteiger partial charge in [-0.1, -0.05) is 61.9 Å². The highest BCUT2D eigenvalue weighted by Crippen LogP contribution is 2.33. The number of para-hydroxylation sites is 1. The first kappa shape index (κ1) is 22.3. The first-order valence-corrected chi connectivity index (χ1v) is 10.6. The van der Waals surface area contributed by atoms with Crippen LogP contribution < -0.4 is 10.1 Å². The van der Waals surface area contributed by atoms with Crippen LogP contribution in [0.15, 0.2) is 54.6 Å². The van der Waals surface area contributed by atoms with Crippen LogP contribution >= 0.6 is 0 Å². The summed E-state index contributed by atoms with van der Waals surface area (Å²) in [6.45, 7) is 8.89. The smallest absolute Gasteiger partial charge is 0.404 e. The van der Waals surface area contributed by atoms with Crippen molar-refractivity contribution in [1.29, 1.82) is 0 Å². The molecule has 0 aliphatic carbocycles. The van der Waals surface area contributed by atoms with Crippen LogP contribution in [0.4, 0.5) is 4.79 Å². The molecule has 0 saturated carbocycles. The van der Waals surface area contributed by atoms with Crippen molar-refractivity contribution in [2.24, 2.45) is 5.92 Å². The van der Waals surface area contributed by atoms with Crippen LogP contribution in [0.2, 0.25) is 0 Å². The fourth-order valence-electron chi connectivity index (χ4n) is 3.67. The molecular weight excluding hydrogens is 388 g/mol. The van der Waals surface area contributed by atoms with Crippen molar-refractivity contribution in [3.63, 3.8) is 0 Å². The van der Waals surface area contributed by atoms with E-state index in [-0.39, 0.29) is 6.54 Å². The van der Waals surface area contributed by atoms with Crippen molar-refractivity contribution in [3.8, 4) is 16.9 Å². The van der Waals surface area contributed by atoms with Crippen molar-refractivity contribution >= 4 is 6.09 Å². The van der Waals surface area contributed by atoms with Crippen LogP contribution in [0.5, 0.6) is 5.75 Å². The van der Waals surface area contributed by atoms with Crippen LogP contribution in [0.25, 0.3) is 11.1 Å². The molecule has 2 aromatic carbocycles. The first-order valence-electron chi connectivity index (χ1n) is 10.6. The highest BCUT2D eigenvalue weighted by atomic mass is 16.5. The lowest BCUT2D eigenvalue weighted by molar-refractivity contribution is 0.194. The lowest BCUT2D eigenvalue weighted by atomic mass is 9.90. The minimum atomic E-state index is -1.05. The number of rotatable bonds is 8. The van der Waals surface area contributed by atoms with Gasteiger partial charge in [-0.15, -0.1) is 0 Å². The van der Waals surface area contributed by atoms with E-state index in [0.29, 0.717) is 12.5 Å². The lowest BCUT2D eigenvalue weighted by Gasteiger charge is -2.22. The summed E-state index contributed by atoms with van der Waals surface area (Å²) in [5.41, 5.74) is 6.94. The van der Waals surface area contributed by atoms with Gasteiger partial charge in [0.25, 0.3) is 0 Å². The number of amides is 1. The zero-order valence-corrected chi connectivity index (χ0v) is 18.6. The summed E-state index contributed by atoms with van der Waals surface area (Å²) in [6, 6.07) is 18.0. The predicted octanol–water partition coefficient (Wildman–Crippen LogP) is 5.91. The van der Waals surface area contributed by atoms with Gasteiger partial charge < -0.3 is 15.2 Å². The summed E-state index contributed by atoms with van der Waals surface area (Å²) in [7, 11) is 0. The maximum absolute atomic E-state index is 11.3. The molecule has 3 aromatic rings. The quantitative estimate of drug-likeness (QED) is 0.477. The second kappa shape index (κ2) is 10.1. The summed E-state index contributed by atoms with van der Waals surface area (Å²) >= 11 is 0. The Morgan fingerprint density at radius 1 is 1.03 bits per heavy atom. The van der Waals surface area contributed by atoms with Crippen molar-refractivity contribution in [2.45, 2.75) is 47.3 Å². The standard InChI is InChI=1S/C26H30N2O3/c1-17(2)14-24-22(15-27-26(29)30)25(20-12-10-18(3)11-13-20)23(19(4)28-24)16-31-21-8-6-5-7-9-21/h5-13,17,27H,14-16H2,1-4H3,(H,29,30). The zero-order chi connectivity index (χ0) is 22.4. The molecule has 5 nitrogen and oxygen atoms in total. The van der Waals surface area contributed by atoms with E-state index in [4.69, 9.17) is 9.72 Å². The van der Waals surface area contributed by atoms with Gasteiger partial charge >= 0.3 is 6.09 Å². The molecule has 0 radical (unpaired) electrons. The van der Waals surface area contributed by atoms with E-state index < -0.39 is 6.09 Å². The predicted molar refractivity (Wildman–Crippen MR) is 123 cm³/mol. The molecule has 3 rings (SSSR count). The number of nitrogens with zero attached hydrogens (tertiary/aromatic N) is 1. The number of carboxylic acid groups (broad SMARTS) is 1. The number of nitrogens with one attached hydrogen (secondary N) is 1. The third-order valence-corrected chi connectivity index (χ3v) is 5.18. The van der Waals surface area contributed by atoms with E-state index in [0.717, 1.165) is 45.8 Å². The van der Waals surface area contributed by atoms with Gasteiger partial charge in [-0.05, 0) is 49.4 Å². The second-order valence-electron chi connectivity index (χ2n) is 8.20. The average molecular weight is 419 g/mol. The minimum absolute atomic E-state index is 0.201. The van der Waals surface area contributed by atoms with Crippen LogP contribution in [-0.4, -0.2) is 16.2 Å². The third kappa shape index (κ3) is 5.85. The lowest BCUT2D eigenvalue weighted by Crippen LogP contribution is -2.23. The van der Waals surface area contributed by atoms with Gasteiger partial charge in [0, 0.05) is 29.1 Å². The van der Waals surface area contributed by atoms with Gasteiger partial charge in [0.05, 0.1) is 0 Å². The summed E-state index contributed by atoms with van der Waals surface area (Å²) in [4.78, 5) is 16.2. The van der Waals surface area contributed by atoms with E-state index >= 15 is 0 Å². The molecule has 5 heteroatoms. The van der Waals surface area contributed by atoms with Gasteiger partial charge in [0.2, 0.25) is 0 Å². The number of hydrogen-bond donors (Lipinski definition) is 2. The average Bonchev–Trinajstić information content (AvgIpc) is 2.73.